The van der Waals surface area contributed by atoms with Crippen molar-refractivity contribution >= 4 is 11.5 Å². The minimum absolute atomic E-state index is 0.329. The molecular weight excluding hydrogens is 368 g/mol. The van der Waals surface area contributed by atoms with Gasteiger partial charge in [-0.15, -0.1) is 0 Å². The molecule has 3 aromatic rings. The maximum Gasteiger partial charge on any atom is 0.334 e. The van der Waals surface area contributed by atoms with Crippen LogP contribution >= 0.6 is 0 Å². The number of methoxy groups -OCH3 is 1. The predicted molar refractivity (Wildman–Crippen MR) is 115 cm³/mol. The van der Waals surface area contributed by atoms with E-state index in [2.05, 4.69) is 9.88 Å². The molecule has 2 aromatic carbocycles. The molecule has 1 fully saturated rings. The van der Waals surface area contributed by atoms with E-state index in [0.717, 1.165) is 30.1 Å². The van der Waals surface area contributed by atoms with Crippen molar-refractivity contribution in [3.8, 4) is 11.4 Å². The fourth-order valence-electron chi connectivity index (χ4n) is 3.78. The Bertz CT molecular complexity index is 1100. The highest BCUT2D eigenvalue weighted by molar-refractivity contribution is 5.59. The summed E-state index contributed by atoms with van der Waals surface area (Å²) in [5.74, 6) is 1.40. The molecule has 1 aromatic heterocycles. The van der Waals surface area contributed by atoms with Gasteiger partial charge in [-0.05, 0) is 30.7 Å². The number of anilines is 2. The largest absolute Gasteiger partial charge is 0.495 e. The van der Waals surface area contributed by atoms with Gasteiger partial charge in [-0.3, -0.25) is 9.78 Å². The van der Waals surface area contributed by atoms with E-state index in [9.17, 15) is 9.59 Å². The summed E-state index contributed by atoms with van der Waals surface area (Å²) in [4.78, 5) is 32.6. The number of aryl methyl sites for hydroxylation is 1. The topological polar surface area (TPSA) is 70.6 Å². The maximum atomic E-state index is 12.7. The Labute approximate surface area is 168 Å². The van der Waals surface area contributed by atoms with E-state index < -0.39 is 5.69 Å². The van der Waals surface area contributed by atoms with E-state index in [4.69, 9.17) is 4.74 Å². The lowest BCUT2D eigenvalue weighted by Crippen LogP contribution is -2.48. The van der Waals surface area contributed by atoms with E-state index in [1.165, 1.54) is 10.6 Å². The van der Waals surface area contributed by atoms with E-state index >= 15 is 0 Å². The number of hydrogen-bond acceptors (Lipinski definition) is 5. The van der Waals surface area contributed by atoms with E-state index in [1.54, 1.807) is 13.2 Å². The Hall–Kier alpha value is -3.48. The molecule has 0 unspecified atom stereocenters. The summed E-state index contributed by atoms with van der Waals surface area (Å²) in [5, 5.41) is 0. The van der Waals surface area contributed by atoms with Gasteiger partial charge in [0, 0.05) is 32.2 Å². The minimum atomic E-state index is -0.422. The highest BCUT2D eigenvalue weighted by Gasteiger charge is 2.21. The van der Waals surface area contributed by atoms with Crippen LogP contribution in [0.5, 0.6) is 5.75 Å². The smallest absolute Gasteiger partial charge is 0.334 e. The number of para-hydroxylation sites is 3. The zero-order valence-electron chi connectivity index (χ0n) is 16.6. The van der Waals surface area contributed by atoms with Gasteiger partial charge in [-0.2, -0.15) is 0 Å². The Morgan fingerprint density at radius 2 is 1.48 bits per heavy atom. The van der Waals surface area contributed by atoms with Gasteiger partial charge >= 0.3 is 5.69 Å². The van der Waals surface area contributed by atoms with Crippen LogP contribution in [0.25, 0.3) is 5.69 Å². The molecule has 1 saturated heterocycles. The Kier molecular flexibility index (Phi) is 5.12. The average molecular weight is 392 g/mol. The number of benzene rings is 2. The number of rotatable bonds is 4. The molecule has 0 aliphatic carbocycles. The minimum Gasteiger partial charge on any atom is -0.495 e. The average Bonchev–Trinajstić information content (AvgIpc) is 2.74. The Balaban J connectivity index is 1.56. The molecule has 1 aliphatic heterocycles. The van der Waals surface area contributed by atoms with Crippen molar-refractivity contribution in [2.75, 3.05) is 43.1 Å². The number of aromatic amines is 1. The van der Waals surface area contributed by atoms with Crippen molar-refractivity contribution in [2.45, 2.75) is 6.92 Å². The first-order valence-corrected chi connectivity index (χ1v) is 9.64. The van der Waals surface area contributed by atoms with Gasteiger partial charge in [0.1, 0.15) is 11.6 Å². The number of nitrogens with one attached hydrogen (secondary N) is 1. The van der Waals surface area contributed by atoms with Crippen LogP contribution in [0.15, 0.2) is 64.2 Å². The number of aromatic nitrogens is 2. The van der Waals surface area contributed by atoms with Crippen molar-refractivity contribution in [1.82, 2.24) is 9.55 Å². The molecule has 0 atom stereocenters. The Morgan fingerprint density at radius 3 is 2.14 bits per heavy atom. The van der Waals surface area contributed by atoms with Gasteiger partial charge in [-0.25, -0.2) is 9.36 Å². The third kappa shape index (κ3) is 3.63. The summed E-state index contributed by atoms with van der Waals surface area (Å²) >= 11 is 0. The molecule has 0 bridgehead atoms. The molecule has 0 amide bonds. The third-order valence-electron chi connectivity index (χ3n) is 5.32. The monoisotopic (exact) mass is 392 g/mol. The molecular formula is C22H24N4O3. The molecule has 29 heavy (non-hydrogen) atoms. The van der Waals surface area contributed by atoms with E-state index in [1.807, 2.05) is 54.3 Å². The van der Waals surface area contributed by atoms with Crippen LogP contribution in [-0.2, 0) is 0 Å². The van der Waals surface area contributed by atoms with Crippen molar-refractivity contribution in [1.29, 1.82) is 0 Å². The number of ether oxygens (including phenoxy) is 1. The molecule has 0 spiro atoms. The molecule has 150 valence electrons. The molecule has 4 rings (SSSR count). The Morgan fingerprint density at radius 1 is 0.862 bits per heavy atom. The molecule has 7 nitrogen and oxygen atoms in total. The molecule has 0 saturated carbocycles. The SMILES string of the molecule is COc1ccccc1N1CCN(c2cc(=O)n(-c3ccccc3C)c(=O)[nH]2)CC1. The highest BCUT2D eigenvalue weighted by atomic mass is 16.5. The van der Waals surface area contributed by atoms with Gasteiger partial charge in [0.2, 0.25) is 0 Å². The predicted octanol–water partition coefficient (Wildman–Crippen LogP) is 2.17. The van der Waals surface area contributed by atoms with Crippen LogP contribution in [0.2, 0.25) is 0 Å². The van der Waals surface area contributed by atoms with Crippen molar-refractivity contribution in [3.05, 3.63) is 81.0 Å². The molecule has 7 heteroatoms. The van der Waals surface area contributed by atoms with Gasteiger partial charge in [0.25, 0.3) is 5.56 Å². The van der Waals surface area contributed by atoms with Gasteiger partial charge in [0.05, 0.1) is 18.5 Å². The van der Waals surface area contributed by atoms with Crippen LogP contribution in [-0.4, -0.2) is 42.8 Å². The first-order chi connectivity index (χ1) is 14.1. The summed E-state index contributed by atoms with van der Waals surface area (Å²) in [7, 11) is 1.67. The second-order valence-electron chi connectivity index (χ2n) is 7.07. The fourth-order valence-corrected chi connectivity index (χ4v) is 3.78. The lowest BCUT2D eigenvalue weighted by Gasteiger charge is -2.37. The molecule has 2 heterocycles. The van der Waals surface area contributed by atoms with Crippen LogP contribution in [0, 0.1) is 6.92 Å². The second kappa shape index (κ2) is 7.87. The van der Waals surface area contributed by atoms with Crippen LogP contribution in [0.3, 0.4) is 0 Å². The van der Waals surface area contributed by atoms with Crippen LogP contribution < -0.4 is 25.8 Å². The summed E-state index contributed by atoms with van der Waals surface area (Å²) in [5.41, 5.74) is 1.78. The van der Waals surface area contributed by atoms with Crippen LogP contribution in [0.4, 0.5) is 11.5 Å². The molecule has 0 radical (unpaired) electrons. The highest BCUT2D eigenvalue weighted by Crippen LogP contribution is 2.28. The quantitative estimate of drug-likeness (QED) is 0.737. The van der Waals surface area contributed by atoms with E-state index in [-0.39, 0.29) is 5.56 Å². The lowest BCUT2D eigenvalue weighted by atomic mass is 10.2. The number of nitrogens with zero attached hydrogens (tertiary/aromatic N) is 3. The number of H-pyrrole nitrogens is 1. The molecule has 1 aliphatic rings. The number of hydrogen-bond donors (Lipinski definition) is 1. The van der Waals surface area contributed by atoms with Gasteiger partial charge < -0.3 is 14.5 Å². The molecule has 1 N–H and O–H groups in total. The van der Waals surface area contributed by atoms with Gasteiger partial charge in [-0.1, -0.05) is 30.3 Å². The summed E-state index contributed by atoms with van der Waals surface area (Å²) < 4.78 is 6.64. The van der Waals surface area contributed by atoms with E-state index in [0.29, 0.717) is 24.6 Å². The fraction of sp³-hybridized carbons (Fsp3) is 0.273. The second-order valence-corrected chi connectivity index (χ2v) is 7.07. The first-order valence-electron chi connectivity index (χ1n) is 9.64. The standard InChI is InChI=1S/C22H24N4O3/c1-16-7-3-4-8-17(16)26-21(27)15-20(23-22(26)28)25-13-11-24(12-14-25)18-9-5-6-10-19(18)29-2/h3-10,15H,11-14H2,1-2H3,(H,23,28). The summed E-state index contributed by atoms with van der Waals surface area (Å²) in [6.45, 7) is 4.81. The maximum absolute atomic E-state index is 12.7. The summed E-state index contributed by atoms with van der Waals surface area (Å²) in [6.07, 6.45) is 0. The normalized spacial score (nSPS) is 14.1. The number of piperazine rings is 1. The van der Waals surface area contributed by atoms with Crippen molar-refractivity contribution < 1.29 is 4.74 Å². The lowest BCUT2D eigenvalue weighted by molar-refractivity contribution is 0.413. The zero-order chi connectivity index (χ0) is 20.4. The zero-order valence-corrected chi connectivity index (χ0v) is 16.6. The van der Waals surface area contributed by atoms with Crippen molar-refractivity contribution in [3.63, 3.8) is 0 Å². The summed E-state index contributed by atoms with van der Waals surface area (Å²) in [6, 6.07) is 16.8. The first kappa shape index (κ1) is 18.9. The third-order valence-corrected chi connectivity index (χ3v) is 5.32. The van der Waals surface area contributed by atoms with Crippen LogP contribution in [0.1, 0.15) is 5.56 Å². The van der Waals surface area contributed by atoms with Crippen molar-refractivity contribution in [2.24, 2.45) is 0 Å². The van der Waals surface area contributed by atoms with Gasteiger partial charge in [0.15, 0.2) is 0 Å².